The maximum absolute atomic E-state index is 5.96. The Hall–Kier alpha value is -0.355. The van der Waals surface area contributed by atoms with Gasteiger partial charge >= 0.3 is 7.12 Å². The van der Waals surface area contributed by atoms with Crippen LogP contribution in [-0.2, 0) is 9.31 Å². The van der Waals surface area contributed by atoms with Crippen molar-refractivity contribution in [1.29, 1.82) is 0 Å². The van der Waals surface area contributed by atoms with E-state index < -0.39 is 7.12 Å². The summed E-state index contributed by atoms with van der Waals surface area (Å²) in [6.07, 6.45) is 0. The fourth-order valence-electron chi connectivity index (χ4n) is 1.81. The molecule has 0 bridgehead atoms. The predicted molar refractivity (Wildman–Crippen MR) is 87.4 cm³/mol. The monoisotopic (exact) mass is 294 g/mol. The van der Waals surface area contributed by atoms with Crippen LogP contribution in [-0.4, -0.2) is 18.3 Å². The molecule has 1 aliphatic rings. The van der Waals surface area contributed by atoms with Crippen LogP contribution < -0.4 is 0 Å². The molecule has 19 heavy (non-hydrogen) atoms. The third kappa shape index (κ3) is 2.89. The standard InChI is InChI=1S/C14H19BO2S2/c1-13(2)14(3,4)17-15(16-13)12(19)11(18)10-8-6-5-7-9-10/h5-9,18-19H,1-4H3/b12-11+. The molecule has 0 spiro atoms. The Kier molecular flexibility index (Phi) is 4.12. The van der Waals surface area contributed by atoms with Gasteiger partial charge in [-0.3, -0.25) is 0 Å². The molecule has 5 heteroatoms. The Balaban J connectivity index is 2.29. The molecule has 0 atom stereocenters. The molecule has 1 aromatic carbocycles. The quantitative estimate of drug-likeness (QED) is 0.637. The van der Waals surface area contributed by atoms with Gasteiger partial charge in [-0.05, 0) is 33.3 Å². The summed E-state index contributed by atoms with van der Waals surface area (Å²) in [5.74, 6) is 0. The molecule has 2 nitrogen and oxygen atoms in total. The van der Waals surface area contributed by atoms with Crippen LogP contribution in [0.4, 0.5) is 0 Å². The van der Waals surface area contributed by atoms with E-state index in [4.69, 9.17) is 9.31 Å². The fraction of sp³-hybridized carbons (Fsp3) is 0.429. The predicted octanol–water partition coefficient (Wildman–Crippen LogP) is 3.85. The van der Waals surface area contributed by atoms with Gasteiger partial charge in [0.2, 0.25) is 0 Å². The largest absolute Gasteiger partial charge is 0.502 e. The molecule has 0 aliphatic carbocycles. The summed E-state index contributed by atoms with van der Waals surface area (Å²) in [7, 11) is -0.471. The first-order chi connectivity index (χ1) is 8.74. The minimum Gasteiger partial charge on any atom is -0.399 e. The Labute approximate surface area is 126 Å². The van der Waals surface area contributed by atoms with E-state index in [0.29, 0.717) is 4.80 Å². The van der Waals surface area contributed by atoms with Gasteiger partial charge in [0.1, 0.15) is 0 Å². The fourth-order valence-corrected chi connectivity index (χ4v) is 2.30. The second kappa shape index (κ2) is 5.21. The van der Waals surface area contributed by atoms with Crippen molar-refractivity contribution in [2.45, 2.75) is 38.9 Å². The van der Waals surface area contributed by atoms with Crippen LogP contribution in [0, 0.1) is 0 Å². The molecule has 1 heterocycles. The van der Waals surface area contributed by atoms with E-state index in [1.807, 2.05) is 58.0 Å². The lowest BCUT2D eigenvalue weighted by Gasteiger charge is -2.32. The van der Waals surface area contributed by atoms with E-state index in [-0.39, 0.29) is 11.2 Å². The highest BCUT2D eigenvalue weighted by molar-refractivity contribution is 7.94. The highest BCUT2D eigenvalue weighted by Gasteiger charge is 2.52. The van der Waals surface area contributed by atoms with Crippen molar-refractivity contribution in [1.82, 2.24) is 0 Å². The molecule has 0 radical (unpaired) electrons. The summed E-state index contributed by atoms with van der Waals surface area (Å²) >= 11 is 9.09. The van der Waals surface area contributed by atoms with Crippen LogP contribution >= 0.6 is 25.3 Å². The normalized spacial score (nSPS) is 22.3. The van der Waals surface area contributed by atoms with Gasteiger partial charge in [0.15, 0.2) is 0 Å². The molecule has 1 saturated heterocycles. The van der Waals surface area contributed by atoms with Gasteiger partial charge < -0.3 is 9.31 Å². The van der Waals surface area contributed by atoms with Crippen LogP contribution in [0.15, 0.2) is 35.1 Å². The molecular weight excluding hydrogens is 275 g/mol. The average Bonchev–Trinajstić information content (AvgIpc) is 2.58. The molecule has 0 unspecified atom stereocenters. The lowest BCUT2D eigenvalue weighted by Crippen LogP contribution is -2.41. The number of thiol groups is 2. The maximum Gasteiger partial charge on any atom is 0.502 e. The van der Waals surface area contributed by atoms with Crippen LogP contribution in [0.5, 0.6) is 0 Å². The molecule has 1 aliphatic heterocycles. The Morgan fingerprint density at radius 3 is 1.89 bits per heavy atom. The third-order valence-corrected chi connectivity index (χ3v) is 4.88. The van der Waals surface area contributed by atoms with Gasteiger partial charge in [0, 0.05) is 9.71 Å². The van der Waals surface area contributed by atoms with Crippen LogP contribution in [0.2, 0.25) is 0 Å². The summed E-state index contributed by atoms with van der Waals surface area (Å²) in [4.78, 5) is 1.48. The summed E-state index contributed by atoms with van der Waals surface area (Å²) in [6.45, 7) is 8.09. The van der Waals surface area contributed by atoms with E-state index in [0.717, 1.165) is 10.5 Å². The van der Waals surface area contributed by atoms with E-state index in [2.05, 4.69) is 25.3 Å². The first-order valence-corrected chi connectivity index (χ1v) is 7.17. The molecule has 102 valence electrons. The van der Waals surface area contributed by atoms with Gasteiger partial charge in [0.25, 0.3) is 0 Å². The molecule has 0 saturated carbocycles. The van der Waals surface area contributed by atoms with Gasteiger partial charge in [-0.25, -0.2) is 0 Å². The van der Waals surface area contributed by atoms with Crippen molar-refractivity contribution >= 4 is 37.3 Å². The Morgan fingerprint density at radius 2 is 1.42 bits per heavy atom. The summed E-state index contributed by atoms with van der Waals surface area (Å²) in [6, 6.07) is 9.89. The smallest absolute Gasteiger partial charge is 0.399 e. The molecule has 0 aromatic heterocycles. The van der Waals surface area contributed by atoms with E-state index in [1.54, 1.807) is 0 Å². The van der Waals surface area contributed by atoms with E-state index in [1.165, 1.54) is 0 Å². The van der Waals surface area contributed by atoms with Crippen LogP contribution in [0.1, 0.15) is 33.3 Å². The maximum atomic E-state index is 5.96. The minimum atomic E-state index is -0.471. The van der Waals surface area contributed by atoms with Crippen molar-refractivity contribution in [2.24, 2.45) is 0 Å². The zero-order chi connectivity index (χ0) is 14.3. The summed E-state index contributed by atoms with van der Waals surface area (Å²) in [5.41, 5.74) is 0.276. The first-order valence-electron chi connectivity index (χ1n) is 6.28. The average molecular weight is 294 g/mol. The van der Waals surface area contributed by atoms with Crippen LogP contribution in [0.3, 0.4) is 0 Å². The second-order valence-corrected chi connectivity index (χ2v) is 6.62. The lowest BCUT2D eigenvalue weighted by atomic mass is 9.88. The highest BCUT2D eigenvalue weighted by Crippen LogP contribution is 2.41. The summed E-state index contributed by atoms with van der Waals surface area (Å²) in [5, 5.41) is 0. The van der Waals surface area contributed by atoms with Gasteiger partial charge in [-0.2, -0.15) is 12.6 Å². The zero-order valence-electron chi connectivity index (χ0n) is 11.7. The number of benzene rings is 1. The van der Waals surface area contributed by atoms with Gasteiger partial charge in [-0.1, -0.05) is 30.3 Å². The van der Waals surface area contributed by atoms with Crippen molar-refractivity contribution in [3.8, 4) is 0 Å². The van der Waals surface area contributed by atoms with E-state index in [9.17, 15) is 0 Å². The number of hydrogen-bond donors (Lipinski definition) is 2. The topological polar surface area (TPSA) is 18.5 Å². The zero-order valence-corrected chi connectivity index (χ0v) is 13.5. The van der Waals surface area contributed by atoms with E-state index >= 15 is 0 Å². The third-order valence-electron chi connectivity index (χ3n) is 3.77. The SMILES string of the molecule is CC1(C)OB(/C(S)=C(\S)c2ccccc2)OC1(C)C. The van der Waals surface area contributed by atoms with Crippen molar-refractivity contribution < 1.29 is 9.31 Å². The molecule has 2 rings (SSSR count). The summed E-state index contributed by atoms with van der Waals surface area (Å²) < 4.78 is 11.9. The number of rotatable bonds is 2. The lowest BCUT2D eigenvalue weighted by molar-refractivity contribution is 0.00578. The van der Waals surface area contributed by atoms with Crippen molar-refractivity contribution in [3.63, 3.8) is 0 Å². The second-order valence-electron chi connectivity index (χ2n) is 5.69. The molecule has 1 fully saturated rings. The highest BCUT2D eigenvalue weighted by atomic mass is 32.1. The van der Waals surface area contributed by atoms with Crippen molar-refractivity contribution in [3.05, 3.63) is 40.7 Å². The van der Waals surface area contributed by atoms with Gasteiger partial charge in [-0.15, -0.1) is 12.6 Å². The molecular formula is C14H19BO2S2. The first kappa shape index (κ1) is 15.0. The minimum absolute atomic E-state index is 0.365. The number of hydrogen-bond acceptors (Lipinski definition) is 4. The Morgan fingerprint density at radius 1 is 0.947 bits per heavy atom. The van der Waals surface area contributed by atoms with Crippen LogP contribution in [0.25, 0.3) is 4.91 Å². The molecule has 0 N–H and O–H groups in total. The molecule has 1 aromatic rings. The molecule has 0 amide bonds. The van der Waals surface area contributed by atoms with Crippen molar-refractivity contribution in [2.75, 3.05) is 0 Å². The Bertz CT molecular complexity index is 481. The van der Waals surface area contributed by atoms with Gasteiger partial charge in [0.05, 0.1) is 11.2 Å².